The van der Waals surface area contributed by atoms with Crippen LogP contribution in [0.25, 0.3) is 11.3 Å². The van der Waals surface area contributed by atoms with Gasteiger partial charge in [-0.3, -0.25) is 9.59 Å². The average molecular weight is 557 g/mol. The molecule has 2 amide bonds. The highest BCUT2D eigenvalue weighted by atomic mass is 16.2. The van der Waals surface area contributed by atoms with Gasteiger partial charge in [-0.15, -0.1) is 0 Å². The van der Waals surface area contributed by atoms with E-state index < -0.39 is 0 Å². The van der Waals surface area contributed by atoms with Crippen molar-refractivity contribution < 1.29 is 9.59 Å². The summed E-state index contributed by atoms with van der Waals surface area (Å²) >= 11 is 0. The fourth-order valence-corrected chi connectivity index (χ4v) is 5.25. The van der Waals surface area contributed by atoms with Gasteiger partial charge in [-0.2, -0.15) is 0 Å². The highest BCUT2D eigenvalue weighted by Crippen LogP contribution is 2.24. The van der Waals surface area contributed by atoms with Crippen molar-refractivity contribution in [3.63, 3.8) is 0 Å². The molecule has 2 saturated heterocycles. The summed E-state index contributed by atoms with van der Waals surface area (Å²) in [6.07, 6.45) is 5.16. The predicted octanol–water partition coefficient (Wildman–Crippen LogP) is 3.57. The van der Waals surface area contributed by atoms with Gasteiger partial charge in [0.05, 0.1) is 11.7 Å². The van der Waals surface area contributed by atoms with Crippen molar-refractivity contribution in [1.82, 2.24) is 25.1 Å². The lowest BCUT2D eigenvalue weighted by Gasteiger charge is -2.36. The first-order valence-electron chi connectivity index (χ1n) is 14.5. The second-order valence-electron chi connectivity index (χ2n) is 10.9. The number of amides is 2. The average Bonchev–Trinajstić information content (AvgIpc) is 3.54. The quantitative estimate of drug-likeness (QED) is 0.348. The van der Waals surface area contributed by atoms with Gasteiger partial charge in [0.15, 0.2) is 0 Å². The van der Waals surface area contributed by atoms with E-state index in [1.54, 1.807) is 6.20 Å². The van der Waals surface area contributed by atoms with E-state index in [9.17, 15) is 9.59 Å². The number of carbonyl (C=O) groups is 2. The van der Waals surface area contributed by atoms with Gasteiger partial charge in [0.25, 0.3) is 0 Å². The summed E-state index contributed by atoms with van der Waals surface area (Å²) in [7, 11) is 4.07. The van der Waals surface area contributed by atoms with Crippen LogP contribution in [0.2, 0.25) is 0 Å². The minimum absolute atomic E-state index is 0.0123. The van der Waals surface area contributed by atoms with Crippen LogP contribution < -0.4 is 20.9 Å². The van der Waals surface area contributed by atoms with E-state index >= 15 is 0 Å². The summed E-state index contributed by atoms with van der Waals surface area (Å²) < 4.78 is 0. The molecule has 1 atom stereocenters. The fraction of sp³-hybridized carbons (Fsp3) is 0.419. The van der Waals surface area contributed by atoms with Crippen LogP contribution in [-0.2, 0) is 9.59 Å². The number of rotatable bonds is 10. The van der Waals surface area contributed by atoms with Crippen LogP contribution in [0.3, 0.4) is 0 Å². The number of carbonyl (C=O) groups excluding carboxylic acids is 2. The molecule has 0 spiro atoms. The molecule has 0 aliphatic carbocycles. The number of hydrogen-bond acceptors (Lipinski definition) is 8. The summed E-state index contributed by atoms with van der Waals surface area (Å²) in [6.45, 7) is 5.01. The van der Waals surface area contributed by atoms with Crippen LogP contribution in [0.4, 0.5) is 23.0 Å². The van der Waals surface area contributed by atoms with Gasteiger partial charge in [-0.1, -0.05) is 12.1 Å². The lowest BCUT2D eigenvalue weighted by Crippen LogP contribution is -2.48. The predicted molar refractivity (Wildman–Crippen MR) is 163 cm³/mol. The monoisotopic (exact) mass is 556 g/mol. The van der Waals surface area contributed by atoms with E-state index in [-0.39, 0.29) is 17.9 Å². The normalized spacial score (nSPS) is 17.1. The molecule has 0 unspecified atom stereocenters. The Morgan fingerprint density at radius 1 is 0.976 bits per heavy atom. The van der Waals surface area contributed by atoms with E-state index in [0.29, 0.717) is 12.4 Å². The first-order valence-corrected chi connectivity index (χ1v) is 14.5. The zero-order valence-electron chi connectivity index (χ0n) is 24.0. The maximum atomic E-state index is 12.5. The van der Waals surface area contributed by atoms with Crippen molar-refractivity contribution in [2.24, 2.45) is 0 Å². The Hall–Kier alpha value is -4.02. The molecule has 2 aliphatic heterocycles. The van der Waals surface area contributed by atoms with Crippen molar-refractivity contribution >= 4 is 34.8 Å². The van der Waals surface area contributed by atoms with Gasteiger partial charge in [0.2, 0.25) is 17.8 Å². The number of piperazine rings is 1. The van der Waals surface area contributed by atoms with Crippen molar-refractivity contribution in [2.45, 2.75) is 31.7 Å². The molecule has 2 fully saturated rings. The Kier molecular flexibility index (Phi) is 9.43. The molecule has 0 bridgehead atoms. The molecule has 2 aromatic carbocycles. The van der Waals surface area contributed by atoms with Gasteiger partial charge in [0.1, 0.15) is 0 Å². The molecule has 3 heterocycles. The van der Waals surface area contributed by atoms with E-state index in [1.807, 2.05) is 61.5 Å². The third-order valence-electron chi connectivity index (χ3n) is 7.60. The molecule has 5 rings (SSSR count). The summed E-state index contributed by atoms with van der Waals surface area (Å²) in [5, 5.41) is 9.51. The summed E-state index contributed by atoms with van der Waals surface area (Å²) in [6, 6.07) is 17.7. The first-order chi connectivity index (χ1) is 19.9. The second kappa shape index (κ2) is 13.6. The van der Waals surface area contributed by atoms with Crippen molar-refractivity contribution in [3.05, 3.63) is 60.8 Å². The SMILES string of the molecule is CN(C)CCCC(=O)N1CCN(c2ccc(Nc3nccc(-c4ccc(NC(=O)[C@H]5CCCN5)cc4)n3)cc2)CC1. The van der Waals surface area contributed by atoms with Crippen LogP contribution >= 0.6 is 0 Å². The van der Waals surface area contributed by atoms with Crippen molar-refractivity contribution in [2.75, 3.05) is 68.9 Å². The van der Waals surface area contributed by atoms with Crippen LogP contribution in [0.5, 0.6) is 0 Å². The molecular formula is C31H40N8O2. The highest BCUT2D eigenvalue weighted by molar-refractivity contribution is 5.95. The maximum Gasteiger partial charge on any atom is 0.241 e. The number of anilines is 4. The summed E-state index contributed by atoms with van der Waals surface area (Å²) in [4.78, 5) is 40.4. The molecule has 216 valence electrons. The number of aromatic nitrogens is 2. The van der Waals surface area contributed by atoms with Crippen molar-refractivity contribution in [1.29, 1.82) is 0 Å². The molecule has 0 saturated carbocycles. The van der Waals surface area contributed by atoms with Gasteiger partial charge < -0.3 is 30.7 Å². The van der Waals surface area contributed by atoms with E-state index in [2.05, 4.69) is 47.9 Å². The van der Waals surface area contributed by atoms with E-state index in [4.69, 9.17) is 0 Å². The van der Waals surface area contributed by atoms with Crippen LogP contribution in [-0.4, -0.2) is 91.0 Å². The Morgan fingerprint density at radius 3 is 2.39 bits per heavy atom. The van der Waals surface area contributed by atoms with E-state index in [1.165, 1.54) is 0 Å². The van der Waals surface area contributed by atoms with Gasteiger partial charge in [-0.25, -0.2) is 9.97 Å². The smallest absolute Gasteiger partial charge is 0.241 e. The Labute approximate surface area is 242 Å². The molecule has 2 aliphatic rings. The molecule has 10 heteroatoms. The fourth-order valence-electron chi connectivity index (χ4n) is 5.25. The first kappa shape index (κ1) is 28.5. The second-order valence-corrected chi connectivity index (χ2v) is 10.9. The third kappa shape index (κ3) is 7.80. The zero-order chi connectivity index (χ0) is 28.6. The summed E-state index contributed by atoms with van der Waals surface area (Å²) in [5.74, 6) is 0.785. The molecular weight excluding hydrogens is 516 g/mol. The number of nitrogens with one attached hydrogen (secondary N) is 3. The molecule has 1 aromatic heterocycles. The van der Waals surface area contributed by atoms with Crippen LogP contribution in [0.1, 0.15) is 25.7 Å². The minimum Gasteiger partial charge on any atom is -0.368 e. The Bertz CT molecular complexity index is 1300. The maximum absolute atomic E-state index is 12.5. The lowest BCUT2D eigenvalue weighted by atomic mass is 10.1. The van der Waals surface area contributed by atoms with Crippen molar-refractivity contribution in [3.8, 4) is 11.3 Å². The van der Waals surface area contributed by atoms with E-state index in [0.717, 1.165) is 86.9 Å². The van der Waals surface area contributed by atoms with Gasteiger partial charge >= 0.3 is 0 Å². The summed E-state index contributed by atoms with van der Waals surface area (Å²) in [5.41, 5.74) is 4.55. The highest BCUT2D eigenvalue weighted by Gasteiger charge is 2.22. The molecule has 3 N–H and O–H groups in total. The lowest BCUT2D eigenvalue weighted by molar-refractivity contribution is -0.131. The standard InChI is InChI=1S/C31H40N8O2/c1-37(2)18-4-6-29(40)39-21-19-38(20-22-39)26-13-11-25(12-14-26)35-31-33-17-15-27(36-31)23-7-9-24(10-8-23)34-30(41)28-5-3-16-32-28/h7-15,17,28,32H,3-6,16,18-22H2,1-2H3,(H,34,41)(H,33,35,36)/t28-/m1/s1. The van der Waals surface area contributed by atoms with Gasteiger partial charge in [0, 0.05) is 61.4 Å². The number of hydrogen-bond donors (Lipinski definition) is 3. The Balaban J connectivity index is 1.12. The van der Waals surface area contributed by atoms with Crippen LogP contribution in [0.15, 0.2) is 60.8 Å². The molecule has 41 heavy (non-hydrogen) atoms. The largest absolute Gasteiger partial charge is 0.368 e. The topological polar surface area (TPSA) is 106 Å². The molecule has 10 nitrogen and oxygen atoms in total. The molecule has 0 radical (unpaired) electrons. The number of nitrogens with zero attached hydrogens (tertiary/aromatic N) is 5. The van der Waals surface area contributed by atoms with Gasteiger partial charge in [-0.05, 0) is 88.9 Å². The minimum atomic E-state index is -0.108. The van der Waals surface area contributed by atoms with Crippen LogP contribution in [0, 0.1) is 0 Å². The molecule has 3 aromatic rings. The third-order valence-corrected chi connectivity index (χ3v) is 7.60. The number of benzene rings is 2. The zero-order valence-corrected chi connectivity index (χ0v) is 24.0. The Morgan fingerprint density at radius 2 is 1.71 bits per heavy atom.